The second-order valence-electron chi connectivity index (χ2n) is 6.35. The molecule has 0 atom stereocenters. The summed E-state index contributed by atoms with van der Waals surface area (Å²) in [6, 6.07) is 10.1. The molecule has 126 valence electrons. The van der Waals surface area contributed by atoms with Gasteiger partial charge in [0.1, 0.15) is 5.69 Å². The van der Waals surface area contributed by atoms with Crippen molar-refractivity contribution in [3.8, 4) is 0 Å². The van der Waals surface area contributed by atoms with Crippen LogP contribution in [0.4, 0.5) is 11.4 Å². The second kappa shape index (κ2) is 7.79. The molecule has 2 aromatic rings. The smallest absolute Gasteiger partial charge is 0.270 e. The molecule has 1 aromatic carbocycles. The first-order valence-electron chi connectivity index (χ1n) is 8.42. The summed E-state index contributed by atoms with van der Waals surface area (Å²) in [7, 11) is 0. The summed E-state index contributed by atoms with van der Waals surface area (Å²) >= 11 is 3.56. The summed E-state index contributed by atoms with van der Waals surface area (Å²) in [4.78, 5) is 16.6. The maximum atomic E-state index is 12.4. The maximum absolute atomic E-state index is 12.4. The number of benzene rings is 1. The monoisotopic (exact) mass is 387 g/mol. The number of anilines is 2. The number of hydrogen-bond donors (Lipinski definition) is 2. The standard InChI is InChI=1S/C19H22BrN3O/c1-13-7-8-17(16(20)11-13)22-15-9-10-21-18(12-15)19(24)23-14-5-3-2-4-6-14/h7-12,14H,2-6H2,1H3,(H,21,22)(H,23,24). The van der Waals surface area contributed by atoms with E-state index in [0.717, 1.165) is 28.7 Å². The molecule has 3 rings (SSSR count). The normalized spacial score (nSPS) is 15.1. The minimum absolute atomic E-state index is 0.0893. The first-order chi connectivity index (χ1) is 11.6. The number of aromatic nitrogens is 1. The van der Waals surface area contributed by atoms with Gasteiger partial charge in [0.05, 0.1) is 5.69 Å². The van der Waals surface area contributed by atoms with Gasteiger partial charge in [0.2, 0.25) is 0 Å². The Hall–Kier alpha value is -1.88. The van der Waals surface area contributed by atoms with E-state index in [4.69, 9.17) is 0 Å². The van der Waals surface area contributed by atoms with Gasteiger partial charge >= 0.3 is 0 Å². The number of carbonyl (C=O) groups is 1. The van der Waals surface area contributed by atoms with Gasteiger partial charge in [0.15, 0.2) is 0 Å². The molecule has 0 spiro atoms. The van der Waals surface area contributed by atoms with Crippen molar-refractivity contribution in [2.45, 2.75) is 45.1 Å². The van der Waals surface area contributed by atoms with Gasteiger partial charge in [-0.3, -0.25) is 9.78 Å². The average Bonchev–Trinajstić information content (AvgIpc) is 2.59. The van der Waals surface area contributed by atoms with Gasteiger partial charge in [-0.1, -0.05) is 25.3 Å². The lowest BCUT2D eigenvalue weighted by Gasteiger charge is -2.22. The molecule has 5 heteroatoms. The Balaban J connectivity index is 1.70. The first kappa shape index (κ1) is 17.0. The van der Waals surface area contributed by atoms with E-state index >= 15 is 0 Å². The molecule has 24 heavy (non-hydrogen) atoms. The van der Waals surface area contributed by atoms with Crippen LogP contribution >= 0.6 is 15.9 Å². The van der Waals surface area contributed by atoms with Gasteiger partial charge in [-0.05, 0) is 65.5 Å². The highest BCUT2D eigenvalue weighted by Crippen LogP contribution is 2.27. The van der Waals surface area contributed by atoms with E-state index in [1.807, 2.05) is 18.2 Å². The predicted octanol–water partition coefficient (Wildman–Crippen LogP) is 4.96. The fourth-order valence-corrected chi connectivity index (χ4v) is 3.61. The minimum Gasteiger partial charge on any atom is -0.354 e. The van der Waals surface area contributed by atoms with E-state index in [9.17, 15) is 4.79 Å². The number of nitrogens with one attached hydrogen (secondary N) is 2. The Morgan fingerprint density at radius 3 is 2.71 bits per heavy atom. The molecule has 1 amide bonds. The van der Waals surface area contributed by atoms with Crippen LogP contribution in [0.25, 0.3) is 0 Å². The molecule has 0 radical (unpaired) electrons. The van der Waals surface area contributed by atoms with Crippen LogP contribution in [-0.4, -0.2) is 16.9 Å². The molecule has 1 saturated carbocycles. The summed E-state index contributed by atoms with van der Waals surface area (Å²) in [5.74, 6) is -0.0893. The molecular formula is C19H22BrN3O. The third-order valence-electron chi connectivity index (χ3n) is 4.34. The number of amides is 1. The highest BCUT2D eigenvalue weighted by atomic mass is 79.9. The SMILES string of the molecule is Cc1ccc(Nc2ccnc(C(=O)NC3CCCCC3)c2)c(Br)c1. The highest BCUT2D eigenvalue weighted by Gasteiger charge is 2.17. The molecule has 1 aromatic heterocycles. The van der Waals surface area contributed by atoms with Gasteiger partial charge in [0.25, 0.3) is 5.91 Å². The fraction of sp³-hybridized carbons (Fsp3) is 0.368. The fourth-order valence-electron chi connectivity index (χ4n) is 3.02. The van der Waals surface area contributed by atoms with Gasteiger partial charge in [-0.15, -0.1) is 0 Å². The van der Waals surface area contributed by atoms with Crippen molar-refractivity contribution in [1.29, 1.82) is 0 Å². The molecule has 4 nitrogen and oxygen atoms in total. The quantitative estimate of drug-likeness (QED) is 0.779. The molecule has 1 aliphatic rings. The molecular weight excluding hydrogens is 366 g/mol. The van der Waals surface area contributed by atoms with Gasteiger partial charge in [0, 0.05) is 22.4 Å². The van der Waals surface area contributed by atoms with Crippen LogP contribution in [0.5, 0.6) is 0 Å². The Bertz CT molecular complexity index is 726. The molecule has 0 bridgehead atoms. The number of aryl methyl sites for hydroxylation is 1. The summed E-state index contributed by atoms with van der Waals surface area (Å²) in [5, 5.41) is 6.44. The van der Waals surface area contributed by atoms with Crippen LogP contribution < -0.4 is 10.6 Å². The molecule has 2 N–H and O–H groups in total. The molecule has 0 saturated heterocycles. The molecule has 1 fully saturated rings. The third-order valence-corrected chi connectivity index (χ3v) is 4.99. The van der Waals surface area contributed by atoms with E-state index in [2.05, 4.69) is 44.5 Å². The summed E-state index contributed by atoms with van der Waals surface area (Å²) in [6.45, 7) is 2.05. The van der Waals surface area contributed by atoms with E-state index in [0.29, 0.717) is 5.69 Å². The third kappa shape index (κ3) is 4.35. The summed E-state index contributed by atoms with van der Waals surface area (Å²) in [5.41, 5.74) is 3.46. The zero-order valence-electron chi connectivity index (χ0n) is 13.8. The van der Waals surface area contributed by atoms with E-state index in [1.54, 1.807) is 12.3 Å². The Labute approximate surface area is 151 Å². The van der Waals surface area contributed by atoms with E-state index < -0.39 is 0 Å². The number of pyridine rings is 1. The molecule has 1 aliphatic carbocycles. The number of rotatable bonds is 4. The van der Waals surface area contributed by atoms with Crippen LogP contribution in [0.1, 0.15) is 48.2 Å². The topological polar surface area (TPSA) is 54.0 Å². The van der Waals surface area contributed by atoms with E-state index in [-0.39, 0.29) is 11.9 Å². The summed E-state index contributed by atoms with van der Waals surface area (Å²) < 4.78 is 0.993. The van der Waals surface area contributed by atoms with Crippen LogP contribution in [0.15, 0.2) is 41.0 Å². The van der Waals surface area contributed by atoms with E-state index in [1.165, 1.54) is 24.8 Å². The van der Waals surface area contributed by atoms with Crippen molar-refractivity contribution >= 4 is 33.2 Å². The average molecular weight is 388 g/mol. The predicted molar refractivity (Wildman–Crippen MR) is 101 cm³/mol. The Kier molecular flexibility index (Phi) is 5.51. The number of hydrogen-bond acceptors (Lipinski definition) is 3. The Morgan fingerprint density at radius 2 is 1.96 bits per heavy atom. The zero-order valence-corrected chi connectivity index (χ0v) is 15.4. The van der Waals surface area contributed by atoms with Crippen LogP contribution in [-0.2, 0) is 0 Å². The number of carbonyl (C=O) groups excluding carboxylic acids is 1. The molecule has 1 heterocycles. The Morgan fingerprint density at radius 1 is 1.17 bits per heavy atom. The largest absolute Gasteiger partial charge is 0.354 e. The van der Waals surface area contributed by atoms with Gasteiger partial charge < -0.3 is 10.6 Å². The lowest BCUT2D eigenvalue weighted by atomic mass is 9.95. The number of halogens is 1. The number of nitrogens with zero attached hydrogens (tertiary/aromatic N) is 1. The van der Waals surface area contributed by atoms with Crippen LogP contribution in [0.3, 0.4) is 0 Å². The maximum Gasteiger partial charge on any atom is 0.270 e. The van der Waals surface area contributed by atoms with Crippen molar-refractivity contribution in [2.75, 3.05) is 5.32 Å². The second-order valence-corrected chi connectivity index (χ2v) is 7.20. The molecule has 0 aliphatic heterocycles. The van der Waals surface area contributed by atoms with Gasteiger partial charge in [-0.2, -0.15) is 0 Å². The lowest BCUT2D eigenvalue weighted by Crippen LogP contribution is -2.36. The van der Waals surface area contributed by atoms with Crippen molar-refractivity contribution in [1.82, 2.24) is 10.3 Å². The first-order valence-corrected chi connectivity index (χ1v) is 9.21. The zero-order chi connectivity index (χ0) is 16.9. The molecule has 0 unspecified atom stereocenters. The van der Waals surface area contributed by atoms with Crippen LogP contribution in [0.2, 0.25) is 0 Å². The van der Waals surface area contributed by atoms with Crippen LogP contribution in [0, 0.1) is 6.92 Å². The van der Waals surface area contributed by atoms with Crippen molar-refractivity contribution < 1.29 is 4.79 Å². The highest BCUT2D eigenvalue weighted by molar-refractivity contribution is 9.10. The van der Waals surface area contributed by atoms with Crippen molar-refractivity contribution in [2.24, 2.45) is 0 Å². The van der Waals surface area contributed by atoms with Gasteiger partial charge in [-0.25, -0.2) is 0 Å². The minimum atomic E-state index is -0.0893. The van der Waals surface area contributed by atoms with Crippen molar-refractivity contribution in [3.05, 3.63) is 52.3 Å². The lowest BCUT2D eigenvalue weighted by molar-refractivity contribution is 0.0922. The summed E-state index contributed by atoms with van der Waals surface area (Å²) in [6.07, 6.45) is 7.47. The van der Waals surface area contributed by atoms with Crippen molar-refractivity contribution in [3.63, 3.8) is 0 Å².